The number of rotatable bonds is 6. The van der Waals surface area contributed by atoms with Crippen LogP contribution in [0.3, 0.4) is 0 Å². The van der Waals surface area contributed by atoms with E-state index >= 15 is 0 Å². The van der Waals surface area contributed by atoms with E-state index in [9.17, 15) is 0 Å². The number of methoxy groups -OCH3 is 1. The van der Waals surface area contributed by atoms with Gasteiger partial charge in [-0.2, -0.15) is 0 Å². The van der Waals surface area contributed by atoms with Crippen LogP contribution in [0.2, 0.25) is 0 Å². The number of nitrogens with two attached hydrogens (primary N) is 1. The van der Waals surface area contributed by atoms with Crippen molar-refractivity contribution in [1.82, 2.24) is 0 Å². The first kappa shape index (κ1) is 14.0. The van der Waals surface area contributed by atoms with Crippen molar-refractivity contribution in [3.8, 4) is 5.75 Å². The zero-order valence-corrected chi connectivity index (χ0v) is 11.4. The zero-order chi connectivity index (χ0) is 13.5. The molecule has 1 aromatic carbocycles. The number of nitrogens with one attached hydrogen (secondary N) is 1. The molecule has 0 aliphatic carbocycles. The summed E-state index contributed by atoms with van der Waals surface area (Å²) in [6.45, 7) is 2.82. The molecule has 1 aliphatic heterocycles. The molecule has 0 saturated heterocycles. The Morgan fingerprint density at radius 3 is 3.05 bits per heavy atom. The fraction of sp³-hybridized carbons (Fsp3) is 0.571. The van der Waals surface area contributed by atoms with Crippen LogP contribution in [0.1, 0.15) is 12.8 Å². The summed E-state index contributed by atoms with van der Waals surface area (Å²) in [5.41, 5.74) is 7.42. The van der Waals surface area contributed by atoms with Gasteiger partial charge in [-0.1, -0.05) is 0 Å². The van der Waals surface area contributed by atoms with Crippen molar-refractivity contribution in [2.24, 2.45) is 0 Å². The molecule has 3 N–H and O–H groups in total. The molecule has 0 radical (unpaired) electrons. The van der Waals surface area contributed by atoms with Crippen LogP contribution in [0, 0.1) is 0 Å². The molecule has 0 amide bonds. The topological polar surface area (TPSA) is 65.7 Å². The number of unbranched alkanes of at least 4 members (excludes halogenated alkanes) is 1. The summed E-state index contributed by atoms with van der Waals surface area (Å²) in [5.74, 6) is 0.833. The minimum absolute atomic E-state index is 0.0659. The van der Waals surface area contributed by atoms with Crippen molar-refractivity contribution < 1.29 is 14.2 Å². The number of nitrogen functional groups attached to an aromatic ring is 1. The molecule has 1 heterocycles. The summed E-state index contributed by atoms with van der Waals surface area (Å²) in [6.07, 6.45) is 2.09. The Balaban J connectivity index is 1.76. The molecule has 5 heteroatoms. The molecule has 1 aliphatic rings. The Morgan fingerprint density at radius 2 is 2.21 bits per heavy atom. The predicted molar refractivity (Wildman–Crippen MR) is 75.7 cm³/mol. The van der Waals surface area contributed by atoms with Crippen molar-refractivity contribution in [3.63, 3.8) is 0 Å². The monoisotopic (exact) mass is 266 g/mol. The summed E-state index contributed by atoms with van der Waals surface area (Å²) in [7, 11) is 1.72. The first-order chi connectivity index (χ1) is 9.29. The molecule has 0 fully saturated rings. The van der Waals surface area contributed by atoms with Gasteiger partial charge in [0.15, 0.2) is 0 Å². The average molecular weight is 266 g/mol. The quantitative estimate of drug-likeness (QED) is 0.608. The Labute approximate surface area is 114 Å². The smallest absolute Gasteiger partial charge is 0.142 e. The van der Waals surface area contributed by atoms with E-state index in [0.29, 0.717) is 6.61 Å². The molecule has 0 bridgehead atoms. The van der Waals surface area contributed by atoms with E-state index in [4.69, 9.17) is 19.9 Å². The van der Waals surface area contributed by atoms with E-state index in [0.717, 1.165) is 49.7 Å². The number of fused-ring (bicyclic) bond motifs is 1. The molecule has 106 valence electrons. The van der Waals surface area contributed by atoms with E-state index < -0.39 is 0 Å². The summed E-state index contributed by atoms with van der Waals surface area (Å²) >= 11 is 0. The normalized spacial score (nSPS) is 18.1. The van der Waals surface area contributed by atoms with Crippen molar-refractivity contribution >= 4 is 11.4 Å². The molecule has 0 spiro atoms. The minimum atomic E-state index is 0.0659. The van der Waals surface area contributed by atoms with Gasteiger partial charge < -0.3 is 25.3 Å². The molecule has 1 aromatic rings. The highest BCUT2D eigenvalue weighted by Crippen LogP contribution is 2.28. The average Bonchev–Trinajstić information content (AvgIpc) is 2.61. The Morgan fingerprint density at radius 1 is 1.37 bits per heavy atom. The third kappa shape index (κ3) is 4.29. The third-order valence-electron chi connectivity index (χ3n) is 3.04. The van der Waals surface area contributed by atoms with Crippen LogP contribution in [0.5, 0.6) is 5.75 Å². The van der Waals surface area contributed by atoms with Crippen LogP contribution in [-0.4, -0.2) is 39.6 Å². The molecular formula is C14H22N2O3. The largest absolute Gasteiger partial charge is 0.489 e. The van der Waals surface area contributed by atoms with Gasteiger partial charge in [-0.15, -0.1) is 0 Å². The van der Waals surface area contributed by atoms with E-state index in [-0.39, 0.29) is 6.10 Å². The maximum absolute atomic E-state index is 5.80. The van der Waals surface area contributed by atoms with Gasteiger partial charge in [-0.05, 0) is 31.0 Å². The molecule has 0 aromatic heterocycles. The van der Waals surface area contributed by atoms with E-state index in [1.54, 1.807) is 7.11 Å². The lowest BCUT2D eigenvalue weighted by molar-refractivity contribution is 0.0271. The SMILES string of the molecule is COCCCCO[C@H]1CNc2cc(N)ccc2OC1. The van der Waals surface area contributed by atoms with Gasteiger partial charge >= 0.3 is 0 Å². The third-order valence-corrected chi connectivity index (χ3v) is 3.04. The first-order valence-corrected chi connectivity index (χ1v) is 6.66. The Kier molecular flexibility index (Phi) is 5.30. The van der Waals surface area contributed by atoms with Crippen LogP contribution in [0.25, 0.3) is 0 Å². The fourth-order valence-electron chi connectivity index (χ4n) is 1.98. The highest BCUT2D eigenvalue weighted by Gasteiger charge is 2.16. The highest BCUT2D eigenvalue weighted by atomic mass is 16.5. The number of benzene rings is 1. The van der Waals surface area contributed by atoms with Gasteiger partial charge in [-0.25, -0.2) is 0 Å². The Hall–Kier alpha value is -1.46. The van der Waals surface area contributed by atoms with E-state index in [2.05, 4.69) is 5.32 Å². The second-order valence-electron chi connectivity index (χ2n) is 4.64. The van der Waals surface area contributed by atoms with Crippen molar-refractivity contribution in [1.29, 1.82) is 0 Å². The lowest BCUT2D eigenvalue weighted by Crippen LogP contribution is -2.27. The summed E-state index contributed by atoms with van der Waals surface area (Å²) in [6, 6.07) is 5.61. The van der Waals surface area contributed by atoms with Gasteiger partial charge in [0.2, 0.25) is 0 Å². The molecule has 5 nitrogen and oxygen atoms in total. The molecular weight excluding hydrogens is 244 g/mol. The maximum atomic E-state index is 5.80. The molecule has 0 unspecified atom stereocenters. The first-order valence-electron chi connectivity index (χ1n) is 6.66. The molecule has 19 heavy (non-hydrogen) atoms. The molecule has 2 rings (SSSR count). The van der Waals surface area contributed by atoms with Gasteiger partial charge in [0.1, 0.15) is 18.5 Å². The number of anilines is 2. The second-order valence-corrected chi connectivity index (χ2v) is 4.64. The van der Waals surface area contributed by atoms with Gasteiger partial charge in [0.05, 0.1) is 5.69 Å². The highest BCUT2D eigenvalue weighted by molar-refractivity contribution is 5.63. The van der Waals surface area contributed by atoms with Crippen LogP contribution in [0.4, 0.5) is 11.4 Å². The lowest BCUT2D eigenvalue weighted by atomic mass is 10.2. The van der Waals surface area contributed by atoms with Crippen LogP contribution in [-0.2, 0) is 9.47 Å². The standard InChI is InChI=1S/C14H22N2O3/c1-17-6-2-3-7-18-12-9-16-13-8-11(15)4-5-14(13)19-10-12/h4-5,8,12,16H,2-3,6-7,9-10,15H2,1H3/t12-/m0/s1. The van der Waals surface area contributed by atoms with Crippen molar-refractivity contribution in [2.45, 2.75) is 18.9 Å². The summed E-state index contributed by atoms with van der Waals surface area (Å²) in [5, 5.41) is 3.31. The van der Waals surface area contributed by atoms with Crippen LogP contribution in [0.15, 0.2) is 18.2 Å². The number of hydrogen-bond acceptors (Lipinski definition) is 5. The maximum Gasteiger partial charge on any atom is 0.142 e. The minimum Gasteiger partial charge on any atom is -0.489 e. The van der Waals surface area contributed by atoms with Gasteiger partial charge in [0, 0.05) is 32.6 Å². The van der Waals surface area contributed by atoms with Gasteiger partial charge in [0.25, 0.3) is 0 Å². The Bertz CT molecular complexity index is 398. The van der Waals surface area contributed by atoms with Crippen LogP contribution >= 0.6 is 0 Å². The van der Waals surface area contributed by atoms with Crippen LogP contribution < -0.4 is 15.8 Å². The van der Waals surface area contributed by atoms with E-state index in [1.165, 1.54) is 0 Å². The summed E-state index contributed by atoms with van der Waals surface area (Å²) in [4.78, 5) is 0. The zero-order valence-electron chi connectivity index (χ0n) is 11.4. The van der Waals surface area contributed by atoms with E-state index in [1.807, 2.05) is 18.2 Å². The fourth-order valence-corrected chi connectivity index (χ4v) is 1.98. The molecule has 0 saturated carbocycles. The van der Waals surface area contributed by atoms with Gasteiger partial charge in [-0.3, -0.25) is 0 Å². The lowest BCUT2D eigenvalue weighted by Gasteiger charge is -2.15. The second kappa shape index (κ2) is 7.21. The predicted octanol–water partition coefficient (Wildman–Crippen LogP) is 1.88. The number of ether oxygens (including phenoxy) is 3. The van der Waals surface area contributed by atoms with Crippen molar-refractivity contribution in [2.75, 3.05) is 44.5 Å². The number of hydrogen-bond donors (Lipinski definition) is 2. The summed E-state index contributed by atoms with van der Waals surface area (Å²) < 4.78 is 16.5. The molecule has 1 atom stereocenters. The van der Waals surface area contributed by atoms with Crippen molar-refractivity contribution in [3.05, 3.63) is 18.2 Å².